The summed E-state index contributed by atoms with van der Waals surface area (Å²) in [5.41, 5.74) is 3.15. The van der Waals surface area contributed by atoms with E-state index in [1.54, 1.807) is 6.07 Å². The van der Waals surface area contributed by atoms with Crippen molar-refractivity contribution >= 4 is 11.4 Å². The number of nitrogens with zero attached hydrogens (tertiary/aromatic N) is 2. The number of aliphatic hydroxyl groups excluding tert-OH is 2. The van der Waals surface area contributed by atoms with Crippen LogP contribution in [0.4, 0.5) is 11.4 Å². The average Bonchev–Trinajstić information content (AvgIpc) is 2.68. The lowest BCUT2D eigenvalue weighted by atomic mass is 10.1. The van der Waals surface area contributed by atoms with Gasteiger partial charge in [-0.2, -0.15) is 0 Å². The van der Waals surface area contributed by atoms with Crippen LogP contribution in [0.15, 0.2) is 18.2 Å². The molecule has 0 radical (unpaired) electrons. The van der Waals surface area contributed by atoms with E-state index in [4.69, 9.17) is 5.84 Å². The Morgan fingerprint density at radius 2 is 2.05 bits per heavy atom. The topological polar surface area (TPSA) is 125 Å². The van der Waals surface area contributed by atoms with Gasteiger partial charge in [-0.05, 0) is 11.6 Å². The second kappa shape index (κ2) is 5.49. The average molecular weight is 268 g/mol. The standard InChI is InChI=1S/C11H16N4O4/c12-13-8-2-1-7(3-9(8)15(18)19)4-14-5-10(16)11(17)6-14/h1-3,10-11,13,16-17H,4-6,12H2. The van der Waals surface area contributed by atoms with Gasteiger partial charge in [-0.1, -0.05) is 6.07 Å². The summed E-state index contributed by atoms with van der Waals surface area (Å²) in [5, 5.41) is 29.8. The van der Waals surface area contributed by atoms with E-state index in [1.165, 1.54) is 12.1 Å². The number of nitrogens with one attached hydrogen (secondary N) is 1. The third kappa shape index (κ3) is 2.99. The first-order valence-corrected chi connectivity index (χ1v) is 5.83. The van der Waals surface area contributed by atoms with Crippen LogP contribution in [0.5, 0.6) is 0 Å². The minimum atomic E-state index is -0.764. The highest BCUT2D eigenvalue weighted by molar-refractivity contribution is 5.61. The Morgan fingerprint density at radius 1 is 1.42 bits per heavy atom. The molecule has 2 atom stereocenters. The van der Waals surface area contributed by atoms with Crippen molar-refractivity contribution in [2.24, 2.45) is 5.84 Å². The van der Waals surface area contributed by atoms with E-state index in [1.807, 2.05) is 4.90 Å². The predicted molar refractivity (Wildman–Crippen MR) is 68.2 cm³/mol. The maximum absolute atomic E-state index is 10.9. The van der Waals surface area contributed by atoms with Gasteiger partial charge in [-0.3, -0.25) is 20.9 Å². The third-order valence-electron chi connectivity index (χ3n) is 3.16. The summed E-state index contributed by atoms with van der Waals surface area (Å²) >= 11 is 0. The highest BCUT2D eigenvalue weighted by atomic mass is 16.6. The third-order valence-corrected chi connectivity index (χ3v) is 3.16. The van der Waals surface area contributed by atoms with Gasteiger partial charge in [0, 0.05) is 25.7 Å². The molecule has 0 aliphatic carbocycles. The number of likely N-dealkylation sites (tertiary alicyclic amines) is 1. The molecule has 1 aromatic rings. The molecule has 1 fully saturated rings. The highest BCUT2D eigenvalue weighted by Crippen LogP contribution is 2.25. The van der Waals surface area contributed by atoms with E-state index in [-0.39, 0.29) is 11.4 Å². The molecule has 1 heterocycles. The summed E-state index contributed by atoms with van der Waals surface area (Å²) in [6.45, 7) is 1.14. The van der Waals surface area contributed by atoms with Gasteiger partial charge in [0.15, 0.2) is 0 Å². The molecule has 104 valence electrons. The molecule has 5 N–H and O–H groups in total. The first-order valence-electron chi connectivity index (χ1n) is 5.83. The number of rotatable bonds is 4. The van der Waals surface area contributed by atoms with Gasteiger partial charge in [-0.25, -0.2) is 0 Å². The fourth-order valence-electron chi connectivity index (χ4n) is 2.18. The summed E-state index contributed by atoms with van der Waals surface area (Å²) in [6.07, 6.45) is -1.53. The van der Waals surface area contributed by atoms with Crippen molar-refractivity contribution in [3.05, 3.63) is 33.9 Å². The van der Waals surface area contributed by atoms with E-state index in [0.717, 1.165) is 5.56 Å². The van der Waals surface area contributed by atoms with Crippen LogP contribution < -0.4 is 11.3 Å². The van der Waals surface area contributed by atoms with Crippen LogP contribution in [0.2, 0.25) is 0 Å². The molecule has 0 amide bonds. The van der Waals surface area contributed by atoms with Gasteiger partial charge in [-0.15, -0.1) is 0 Å². The minimum absolute atomic E-state index is 0.0970. The van der Waals surface area contributed by atoms with E-state index in [2.05, 4.69) is 5.43 Å². The van der Waals surface area contributed by atoms with Gasteiger partial charge >= 0.3 is 0 Å². The molecule has 0 aromatic heterocycles. The molecule has 2 unspecified atom stereocenters. The smallest absolute Gasteiger partial charge is 0.293 e. The van der Waals surface area contributed by atoms with Crippen LogP contribution in [0, 0.1) is 10.1 Å². The Balaban J connectivity index is 2.13. The number of benzene rings is 1. The molecule has 0 spiro atoms. The Kier molecular flexibility index (Phi) is 3.96. The quantitative estimate of drug-likeness (QED) is 0.327. The number of nitrogens with two attached hydrogens (primary N) is 1. The van der Waals surface area contributed by atoms with E-state index >= 15 is 0 Å². The summed E-state index contributed by atoms with van der Waals surface area (Å²) in [4.78, 5) is 12.2. The number of β-amino-alcohol motifs (C(OH)–C–C–N with tert-alkyl or cyclic N) is 2. The second-order valence-electron chi connectivity index (χ2n) is 4.58. The SMILES string of the molecule is NNc1ccc(CN2CC(O)C(O)C2)cc1[N+](=O)[O-]. The first kappa shape index (κ1) is 13.7. The second-order valence-corrected chi connectivity index (χ2v) is 4.58. The number of aliphatic hydroxyl groups is 2. The van der Waals surface area contributed by atoms with Crippen LogP contribution in [-0.2, 0) is 6.54 Å². The molecule has 1 saturated heterocycles. The van der Waals surface area contributed by atoms with Gasteiger partial charge in [0.2, 0.25) is 0 Å². The molecule has 1 aromatic carbocycles. The Morgan fingerprint density at radius 3 is 2.58 bits per heavy atom. The lowest BCUT2D eigenvalue weighted by Crippen LogP contribution is -2.22. The van der Waals surface area contributed by atoms with Crippen LogP contribution >= 0.6 is 0 Å². The van der Waals surface area contributed by atoms with Gasteiger partial charge < -0.3 is 15.6 Å². The molecule has 8 nitrogen and oxygen atoms in total. The van der Waals surface area contributed by atoms with Crippen molar-refractivity contribution in [3.63, 3.8) is 0 Å². The van der Waals surface area contributed by atoms with Crippen molar-refractivity contribution in [1.29, 1.82) is 0 Å². The number of anilines is 1. The van der Waals surface area contributed by atoms with Crippen LogP contribution in [0.25, 0.3) is 0 Å². The van der Waals surface area contributed by atoms with Crippen molar-refractivity contribution in [1.82, 2.24) is 4.90 Å². The predicted octanol–water partition coefficient (Wildman–Crippen LogP) is -0.582. The Labute approximate surface area is 109 Å². The number of nitro benzene ring substituents is 1. The molecule has 0 bridgehead atoms. The van der Waals surface area contributed by atoms with Gasteiger partial charge in [0.05, 0.1) is 17.1 Å². The van der Waals surface area contributed by atoms with Crippen LogP contribution in [0.1, 0.15) is 5.56 Å². The molecular formula is C11H16N4O4. The molecule has 0 saturated carbocycles. The monoisotopic (exact) mass is 268 g/mol. The van der Waals surface area contributed by atoms with Crippen molar-refractivity contribution in [2.45, 2.75) is 18.8 Å². The molecule has 1 aliphatic heterocycles. The number of hydrogen-bond acceptors (Lipinski definition) is 7. The zero-order chi connectivity index (χ0) is 14.0. The summed E-state index contributed by atoms with van der Waals surface area (Å²) in [7, 11) is 0. The molecule has 2 rings (SSSR count). The number of hydrazine groups is 1. The van der Waals surface area contributed by atoms with Crippen LogP contribution in [-0.4, -0.2) is 45.3 Å². The van der Waals surface area contributed by atoms with Crippen molar-refractivity contribution < 1.29 is 15.1 Å². The molecule has 1 aliphatic rings. The summed E-state index contributed by atoms with van der Waals surface area (Å²) in [6, 6.07) is 4.70. The molecular weight excluding hydrogens is 252 g/mol. The lowest BCUT2D eigenvalue weighted by molar-refractivity contribution is -0.384. The number of nitrogen functional groups attached to an aromatic ring is 1. The van der Waals surface area contributed by atoms with Gasteiger partial charge in [0.25, 0.3) is 5.69 Å². The minimum Gasteiger partial charge on any atom is -0.389 e. The normalized spacial score (nSPS) is 23.5. The number of nitro groups is 1. The Bertz CT molecular complexity index is 472. The fraction of sp³-hybridized carbons (Fsp3) is 0.455. The first-order chi connectivity index (χ1) is 9.01. The van der Waals surface area contributed by atoms with Crippen molar-refractivity contribution in [3.8, 4) is 0 Å². The zero-order valence-electron chi connectivity index (χ0n) is 10.2. The highest BCUT2D eigenvalue weighted by Gasteiger charge is 2.29. The Hall–Kier alpha value is -1.74. The summed E-state index contributed by atoms with van der Waals surface area (Å²) in [5.74, 6) is 5.21. The van der Waals surface area contributed by atoms with E-state index in [0.29, 0.717) is 19.6 Å². The maximum Gasteiger partial charge on any atom is 0.293 e. The number of hydrogen-bond donors (Lipinski definition) is 4. The molecule has 8 heteroatoms. The summed E-state index contributed by atoms with van der Waals surface area (Å²) < 4.78 is 0. The lowest BCUT2D eigenvalue weighted by Gasteiger charge is -2.15. The largest absolute Gasteiger partial charge is 0.389 e. The van der Waals surface area contributed by atoms with E-state index in [9.17, 15) is 20.3 Å². The van der Waals surface area contributed by atoms with Crippen molar-refractivity contribution in [2.75, 3.05) is 18.5 Å². The van der Waals surface area contributed by atoms with Gasteiger partial charge in [0.1, 0.15) is 5.69 Å². The fourth-order valence-corrected chi connectivity index (χ4v) is 2.18. The zero-order valence-corrected chi connectivity index (χ0v) is 10.2. The van der Waals surface area contributed by atoms with Crippen LogP contribution in [0.3, 0.4) is 0 Å². The van der Waals surface area contributed by atoms with E-state index < -0.39 is 17.1 Å². The maximum atomic E-state index is 10.9. The molecule has 19 heavy (non-hydrogen) atoms.